The van der Waals surface area contributed by atoms with Crippen LogP contribution in [0.3, 0.4) is 0 Å². The molecule has 5 rings (SSSR count). The van der Waals surface area contributed by atoms with E-state index in [0.29, 0.717) is 79.5 Å². The van der Waals surface area contributed by atoms with E-state index in [1.54, 1.807) is 36.7 Å². The zero-order valence-electron chi connectivity index (χ0n) is 31.7. The molecule has 0 atom stereocenters. The molecule has 284 valence electrons. The van der Waals surface area contributed by atoms with Crippen molar-refractivity contribution in [3.63, 3.8) is 0 Å². The van der Waals surface area contributed by atoms with Crippen molar-refractivity contribution in [2.24, 2.45) is 7.05 Å². The average molecular weight is 749 g/mol. The molecule has 3 aromatic carbocycles. The molecule has 10 nitrogen and oxygen atoms in total. The molecule has 0 aliphatic heterocycles. The number of carbonyl (C=O) groups excluding carboxylic acids is 2. The number of unbranched alkanes of at least 4 members (excludes halogenated alkanes) is 1. The molecule has 0 spiro atoms. The highest BCUT2D eigenvalue weighted by Gasteiger charge is 2.29. The quantitative estimate of drug-likeness (QED) is 0.0842. The van der Waals surface area contributed by atoms with E-state index in [9.17, 15) is 19.1 Å². The topological polar surface area (TPSA) is 108 Å². The van der Waals surface area contributed by atoms with Gasteiger partial charge in [0, 0.05) is 49.1 Å². The third kappa shape index (κ3) is 8.79. The van der Waals surface area contributed by atoms with Crippen molar-refractivity contribution in [2.75, 3.05) is 26.8 Å². The van der Waals surface area contributed by atoms with Gasteiger partial charge in [-0.25, -0.2) is 14.0 Å². The van der Waals surface area contributed by atoms with Crippen LogP contribution >= 0.6 is 11.6 Å². The van der Waals surface area contributed by atoms with Crippen molar-refractivity contribution in [1.82, 2.24) is 19.2 Å². The fourth-order valence-electron chi connectivity index (χ4n) is 6.81. The number of halogens is 2. The van der Waals surface area contributed by atoms with Gasteiger partial charge in [-0.1, -0.05) is 36.7 Å². The van der Waals surface area contributed by atoms with Crippen LogP contribution in [0.4, 0.5) is 9.18 Å². The number of ether oxygens (including phenoxy) is 3. The highest BCUT2D eigenvalue weighted by Crippen LogP contribution is 2.43. The zero-order valence-corrected chi connectivity index (χ0v) is 32.5. The van der Waals surface area contributed by atoms with Crippen LogP contribution in [0.2, 0.25) is 5.02 Å². The smallest absolute Gasteiger partial charge is 0.410 e. The van der Waals surface area contributed by atoms with Gasteiger partial charge in [0.05, 0.1) is 41.7 Å². The van der Waals surface area contributed by atoms with E-state index in [1.165, 1.54) is 12.1 Å². The summed E-state index contributed by atoms with van der Waals surface area (Å²) in [7, 11) is 3.51. The maximum atomic E-state index is 14.0. The maximum absolute atomic E-state index is 14.0. The summed E-state index contributed by atoms with van der Waals surface area (Å²) in [5.41, 5.74) is 4.22. The van der Waals surface area contributed by atoms with Gasteiger partial charge in [-0.3, -0.25) is 4.68 Å². The molecule has 0 radical (unpaired) electrons. The number of hydrogen-bond donors (Lipinski definition) is 1. The Kier molecular flexibility index (Phi) is 12.7. The summed E-state index contributed by atoms with van der Waals surface area (Å²) in [6.45, 7) is 10.5. The summed E-state index contributed by atoms with van der Waals surface area (Å²) in [5.74, 6) is -0.107. The molecule has 0 aliphatic carbocycles. The van der Waals surface area contributed by atoms with Crippen LogP contribution in [0.15, 0.2) is 48.5 Å². The molecule has 0 fully saturated rings. The minimum absolute atomic E-state index is 0.191. The van der Waals surface area contributed by atoms with Crippen molar-refractivity contribution in [3.8, 4) is 16.9 Å². The monoisotopic (exact) mass is 748 g/mol. The molecule has 53 heavy (non-hydrogen) atoms. The van der Waals surface area contributed by atoms with Crippen LogP contribution in [0.1, 0.15) is 81.3 Å². The largest absolute Gasteiger partial charge is 0.493 e. The number of carbonyl (C=O) groups is 2. The van der Waals surface area contributed by atoms with Crippen molar-refractivity contribution >= 4 is 45.3 Å². The Morgan fingerprint density at radius 2 is 1.77 bits per heavy atom. The van der Waals surface area contributed by atoms with Crippen LogP contribution in [-0.4, -0.2) is 68.8 Å². The molecule has 12 heteroatoms. The van der Waals surface area contributed by atoms with E-state index in [-0.39, 0.29) is 19.0 Å². The third-order valence-corrected chi connectivity index (χ3v) is 9.50. The number of hydrogen-bond acceptors (Lipinski definition) is 7. The lowest BCUT2D eigenvalue weighted by Gasteiger charge is -2.24. The number of benzene rings is 3. The van der Waals surface area contributed by atoms with E-state index < -0.39 is 17.7 Å². The van der Waals surface area contributed by atoms with Crippen LogP contribution < -0.4 is 4.74 Å². The van der Waals surface area contributed by atoms with Gasteiger partial charge < -0.3 is 28.8 Å². The van der Waals surface area contributed by atoms with Gasteiger partial charge in [-0.2, -0.15) is 5.10 Å². The van der Waals surface area contributed by atoms with Crippen LogP contribution in [0, 0.1) is 5.82 Å². The summed E-state index contributed by atoms with van der Waals surface area (Å²) in [6, 6.07) is 13.9. The first-order chi connectivity index (χ1) is 25.3. The second-order valence-corrected chi connectivity index (χ2v) is 14.5. The van der Waals surface area contributed by atoms with Gasteiger partial charge in [-0.15, -0.1) is 0 Å². The Bertz CT molecular complexity index is 2100. The normalized spacial score (nSPS) is 11.7. The molecule has 1 N–H and O–H groups in total. The molecule has 0 bridgehead atoms. The van der Waals surface area contributed by atoms with Crippen molar-refractivity contribution in [1.29, 1.82) is 0 Å². The number of aliphatic hydroxyl groups excluding tert-OH is 1. The SMILES string of the molecule is CCOC(=O)c1c(CCCOc2cccc3cc(F)ccc23)c2ccc(Cl)c(-c3c(CC)nn(C)c3CO)c2n1CCCCN(C)C(=O)OC(C)(C)C. The van der Waals surface area contributed by atoms with E-state index >= 15 is 0 Å². The average Bonchev–Trinajstić information content (AvgIpc) is 3.60. The van der Waals surface area contributed by atoms with Gasteiger partial charge in [0.2, 0.25) is 0 Å². The summed E-state index contributed by atoms with van der Waals surface area (Å²) in [5, 5.41) is 18.1. The molecule has 0 saturated heterocycles. The lowest BCUT2D eigenvalue weighted by atomic mass is 9.97. The number of nitrogens with zero attached hydrogens (tertiary/aromatic N) is 4. The molecule has 0 saturated carbocycles. The number of amides is 1. The Hall–Kier alpha value is -4.61. The number of rotatable bonds is 15. The van der Waals surface area contributed by atoms with Gasteiger partial charge in [0.1, 0.15) is 22.9 Å². The van der Waals surface area contributed by atoms with Gasteiger partial charge in [0.25, 0.3) is 0 Å². The highest BCUT2D eigenvalue weighted by atomic mass is 35.5. The lowest BCUT2D eigenvalue weighted by Crippen LogP contribution is -2.34. The Morgan fingerprint density at radius 3 is 2.47 bits per heavy atom. The first kappa shape index (κ1) is 39.6. The van der Waals surface area contributed by atoms with Crippen LogP contribution in [-0.2, 0) is 42.5 Å². The van der Waals surface area contributed by atoms with Crippen molar-refractivity contribution in [3.05, 3.63) is 82.0 Å². The number of aryl methyl sites for hydroxylation is 4. The number of esters is 1. The highest BCUT2D eigenvalue weighted by molar-refractivity contribution is 6.35. The first-order valence-corrected chi connectivity index (χ1v) is 18.6. The summed E-state index contributed by atoms with van der Waals surface area (Å²) >= 11 is 7.07. The van der Waals surface area contributed by atoms with E-state index in [0.717, 1.165) is 38.5 Å². The lowest BCUT2D eigenvalue weighted by molar-refractivity contribution is 0.0295. The first-order valence-electron chi connectivity index (χ1n) is 18.2. The Labute approximate surface area is 315 Å². The Morgan fingerprint density at radius 1 is 1.02 bits per heavy atom. The molecular formula is C41H50ClFN4O6. The van der Waals surface area contributed by atoms with Gasteiger partial charge in [0.15, 0.2) is 0 Å². The predicted octanol–water partition coefficient (Wildman–Crippen LogP) is 8.88. The summed E-state index contributed by atoms with van der Waals surface area (Å²) in [4.78, 5) is 28.2. The molecule has 2 aromatic heterocycles. The zero-order chi connectivity index (χ0) is 38.4. The second-order valence-electron chi connectivity index (χ2n) is 14.1. The molecule has 5 aromatic rings. The number of aromatic nitrogens is 3. The molecule has 0 aliphatic rings. The summed E-state index contributed by atoms with van der Waals surface area (Å²) in [6.07, 6.45) is 2.52. The fourth-order valence-corrected chi connectivity index (χ4v) is 7.06. The molecule has 1 amide bonds. The molecular weight excluding hydrogens is 699 g/mol. The van der Waals surface area contributed by atoms with Crippen LogP contribution in [0.5, 0.6) is 5.75 Å². The van der Waals surface area contributed by atoms with E-state index in [4.69, 9.17) is 30.9 Å². The standard InChI is InChI=1S/C41H50ClFN4O6/c1-8-32-36(33(25-48)46(7)44-32)35-31(42)20-19-30-29(15-13-23-52-34-16-12-14-26-24-27(43)17-18-28(26)34)38(39(49)51-9-2)47(37(30)35)22-11-10-21-45(6)40(50)53-41(3,4)5/h12,14,16-20,24,48H,8-11,13,15,21-23,25H2,1-7H3. The summed E-state index contributed by atoms with van der Waals surface area (Å²) < 4.78 is 35.0. The van der Waals surface area contributed by atoms with Gasteiger partial charge >= 0.3 is 12.1 Å². The van der Waals surface area contributed by atoms with E-state index in [1.807, 2.05) is 62.6 Å². The van der Waals surface area contributed by atoms with Gasteiger partial charge in [-0.05, 0) is 101 Å². The van der Waals surface area contributed by atoms with E-state index in [2.05, 4.69) is 0 Å². The predicted molar refractivity (Wildman–Crippen MR) is 206 cm³/mol. The van der Waals surface area contributed by atoms with Crippen molar-refractivity contribution < 1.29 is 33.3 Å². The molecule has 0 unspecified atom stereocenters. The third-order valence-electron chi connectivity index (χ3n) is 9.18. The minimum Gasteiger partial charge on any atom is -0.493 e. The fraction of sp³-hybridized carbons (Fsp3) is 0.439. The van der Waals surface area contributed by atoms with Crippen molar-refractivity contribution in [2.45, 2.75) is 85.5 Å². The second kappa shape index (κ2) is 17.0. The number of aliphatic hydroxyl groups is 1. The minimum atomic E-state index is -0.605. The maximum Gasteiger partial charge on any atom is 0.410 e. The molecule has 2 heterocycles. The number of fused-ring (bicyclic) bond motifs is 2. The Balaban J connectivity index is 1.56. The van der Waals surface area contributed by atoms with Crippen LogP contribution in [0.25, 0.3) is 32.8 Å².